The number of nitrogens with one attached hydrogen (secondary N) is 3. The maximum atomic E-state index is 12.1. The zero-order valence-electron chi connectivity index (χ0n) is 16.4. The van der Waals surface area contributed by atoms with Gasteiger partial charge in [0.05, 0.1) is 0 Å². The molecule has 1 atom stereocenters. The fourth-order valence-corrected chi connectivity index (χ4v) is 3.45. The van der Waals surface area contributed by atoms with Crippen LogP contribution in [0.1, 0.15) is 12.8 Å². The number of guanidine groups is 1. The van der Waals surface area contributed by atoms with Gasteiger partial charge in [-0.1, -0.05) is 34.1 Å². The molecule has 1 heterocycles. The van der Waals surface area contributed by atoms with Gasteiger partial charge in [-0.15, -0.1) is 24.0 Å². The lowest BCUT2D eigenvalue weighted by molar-refractivity contribution is -0.116. The molecule has 29 heavy (non-hydrogen) atoms. The summed E-state index contributed by atoms with van der Waals surface area (Å²) in [7, 11) is 1.75. The number of anilines is 2. The molecule has 0 radical (unpaired) electrons. The van der Waals surface area contributed by atoms with Crippen molar-refractivity contribution >= 4 is 63.1 Å². The van der Waals surface area contributed by atoms with Crippen LogP contribution in [0.25, 0.3) is 0 Å². The van der Waals surface area contributed by atoms with Gasteiger partial charge >= 0.3 is 0 Å². The fourth-order valence-electron chi connectivity index (χ4n) is 3.19. The summed E-state index contributed by atoms with van der Waals surface area (Å²) in [6.07, 6.45) is 1.43. The number of hydrogen-bond acceptors (Lipinski definition) is 3. The van der Waals surface area contributed by atoms with Crippen molar-refractivity contribution in [1.82, 2.24) is 10.6 Å². The molecule has 0 spiro atoms. The zero-order chi connectivity index (χ0) is 19.8. The third kappa shape index (κ3) is 7.50. The minimum Gasteiger partial charge on any atom is -0.369 e. The number of para-hydroxylation sites is 1. The van der Waals surface area contributed by atoms with E-state index in [1.807, 2.05) is 30.3 Å². The summed E-state index contributed by atoms with van der Waals surface area (Å²) >= 11 is 3.38. The second-order valence-corrected chi connectivity index (χ2v) is 7.63. The zero-order valence-corrected chi connectivity index (χ0v) is 20.3. The van der Waals surface area contributed by atoms with Gasteiger partial charge in [-0.25, -0.2) is 0 Å². The van der Waals surface area contributed by atoms with Crippen molar-refractivity contribution in [2.24, 2.45) is 4.99 Å². The first kappa shape index (κ1) is 23.5. The number of hydrogen-bond donors (Lipinski definition) is 3. The minimum atomic E-state index is -0.0265. The van der Waals surface area contributed by atoms with Crippen LogP contribution < -0.4 is 20.9 Å². The molecule has 2 aromatic rings. The van der Waals surface area contributed by atoms with Gasteiger partial charge < -0.3 is 20.9 Å². The molecule has 0 aromatic heterocycles. The average Bonchev–Trinajstić information content (AvgIpc) is 3.18. The number of amides is 1. The standard InChI is InChI=1S/C21H26BrN5O.HI/c1-23-21(24-13-11-20(28)25-17-9-7-16(22)8-10-17)26-18-12-14-27(15-18)19-5-3-2-4-6-19;/h2-10,18H,11-15H2,1H3,(H,25,28)(H2,23,24,26);1H. The highest BCUT2D eigenvalue weighted by atomic mass is 127. The smallest absolute Gasteiger partial charge is 0.226 e. The van der Waals surface area contributed by atoms with Gasteiger partial charge in [-0.2, -0.15) is 0 Å². The van der Waals surface area contributed by atoms with Crippen molar-refractivity contribution < 1.29 is 4.79 Å². The SMILES string of the molecule is CN=C(NCCC(=O)Nc1ccc(Br)cc1)NC1CCN(c2ccccc2)C1.I. The molecule has 1 aliphatic rings. The second kappa shape index (κ2) is 12.0. The summed E-state index contributed by atoms with van der Waals surface area (Å²) in [5.41, 5.74) is 2.04. The van der Waals surface area contributed by atoms with Crippen molar-refractivity contribution in [3.63, 3.8) is 0 Å². The Morgan fingerprint density at radius 1 is 1.17 bits per heavy atom. The van der Waals surface area contributed by atoms with Crippen LogP contribution in [0.2, 0.25) is 0 Å². The number of halogens is 2. The molecule has 1 amide bonds. The third-order valence-corrected chi connectivity index (χ3v) is 5.18. The van der Waals surface area contributed by atoms with Crippen molar-refractivity contribution in [2.45, 2.75) is 18.9 Å². The summed E-state index contributed by atoms with van der Waals surface area (Å²) in [4.78, 5) is 18.7. The molecule has 2 aromatic carbocycles. The Balaban J connectivity index is 0.00000300. The molecule has 156 valence electrons. The monoisotopic (exact) mass is 571 g/mol. The van der Waals surface area contributed by atoms with Gasteiger partial charge in [0.2, 0.25) is 5.91 Å². The summed E-state index contributed by atoms with van der Waals surface area (Å²) in [6, 6.07) is 18.3. The molecule has 0 saturated carbocycles. The number of carbonyl (C=O) groups excluding carboxylic acids is 1. The summed E-state index contributed by atoms with van der Waals surface area (Å²) < 4.78 is 0.986. The maximum Gasteiger partial charge on any atom is 0.226 e. The van der Waals surface area contributed by atoms with Gasteiger partial charge in [0, 0.05) is 55.0 Å². The highest BCUT2D eigenvalue weighted by Gasteiger charge is 2.23. The van der Waals surface area contributed by atoms with Crippen LogP contribution in [-0.2, 0) is 4.79 Å². The highest BCUT2D eigenvalue weighted by Crippen LogP contribution is 2.19. The van der Waals surface area contributed by atoms with Crippen LogP contribution in [0, 0.1) is 0 Å². The molecule has 1 fully saturated rings. The number of rotatable bonds is 6. The van der Waals surface area contributed by atoms with Crippen molar-refractivity contribution in [1.29, 1.82) is 0 Å². The van der Waals surface area contributed by atoms with E-state index in [0.29, 0.717) is 19.0 Å². The Morgan fingerprint density at radius 3 is 2.59 bits per heavy atom. The van der Waals surface area contributed by atoms with E-state index < -0.39 is 0 Å². The van der Waals surface area contributed by atoms with Crippen molar-refractivity contribution in [3.8, 4) is 0 Å². The first-order chi connectivity index (χ1) is 13.6. The van der Waals surface area contributed by atoms with E-state index in [-0.39, 0.29) is 29.9 Å². The first-order valence-corrected chi connectivity index (χ1v) is 10.3. The lowest BCUT2D eigenvalue weighted by Gasteiger charge is -2.20. The van der Waals surface area contributed by atoms with E-state index >= 15 is 0 Å². The average molecular weight is 572 g/mol. The Morgan fingerprint density at radius 2 is 1.90 bits per heavy atom. The van der Waals surface area contributed by atoms with Crippen LogP contribution in [-0.4, -0.2) is 44.6 Å². The largest absolute Gasteiger partial charge is 0.369 e. The summed E-state index contributed by atoms with van der Waals surface area (Å²) in [5.74, 6) is 0.706. The minimum absolute atomic E-state index is 0. The second-order valence-electron chi connectivity index (χ2n) is 6.72. The van der Waals surface area contributed by atoms with Gasteiger partial charge in [0.1, 0.15) is 0 Å². The van der Waals surface area contributed by atoms with E-state index in [1.165, 1.54) is 5.69 Å². The maximum absolute atomic E-state index is 12.1. The highest BCUT2D eigenvalue weighted by molar-refractivity contribution is 14.0. The molecule has 0 aliphatic carbocycles. The van der Waals surface area contributed by atoms with Crippen molar-refractivity contribution in [3.05, 3.63) is 59.1 Å². The van der Waals surface area contributed by atoms with E-state index in [2.05, 4.69) is 66.0 Å². The van der Waals surface area contributed by atoms with E-state index in [9.17, 15) is 4.79 Å². The number of benzene rings is 2. The third-order valence-electron chi connectivity index (χ3n) is 4.65. The van der Waals surface area contributed by atoms with E-state index in [1.54, 1.807) is 7.05 Å². The number of aliphatic imine (C=N–C) groups is 1. The molecule has 8 heteroatoms. The molecule has 1 aliphatic heterocycles. The van der Waals surface area contributed by atoms with Crippen LogP contribution in [0.3, 0.4) is 0 Å². The predicted octanol–water partition coefficient (Wildman–Crippen LogP) is 3.84. The van der Waals surface area contributed by atoms with Crippen LogP contribution in [0.5, 0.6) is 0 Å². The molecule has 3 N–H and O–H groups in total. The summed E-state index contributed by atoms with van der Waals surface area (Å²) in [5, 5.41) is 9.58. The van der Waals surface area contributed by atoms with E-state index in [0.717, 1.165) is 35.6 Å². The van der Waals surface area contributed by atoms with Crippen molar-refractivity contribution in [2.75, 3.05) is 36.9 Å². The van der Waals surface area contributed by atoms with Gasteiger partial charge in [0.25, 0.3) is 0 Å². The molecule has 1 saturated heterocycles. The molecule has 0 bridgehead atoms. The van der Waals surface area contributed by atoms with Gasteiger partial charge in [-0.05, 0) is 42.8 Å². The molecular formula is C21H27BrIN5O. The Kier molecular flexibility index (Phi) is 9.72. The predicted molar refractivity (Wildman–Crippen MR) is 134 cm³/mol. The normalized spacial score (nSPS) is 16.1. The molecule has 1 unspecified atom stereocenters. The topological polar surface area (TPSA) is 68.8 Å². The first-order valence-electron chi connectivity index (χ1n) is 9.46. The number of carbonyl (C=O) groups is 1. The summed E-state index contributed by atoms with van der Waals surface area (Å²) in [6.45, 7) is 2.49. The van der Waals surface area contributed by atoms with Crippen LogP contribution in [0.4, 0.5) is 11.4 Å². The van der Waals surface area contributed by atoms with E-state index in [4.69, 9.17) is 0 Å². The fraction of sp³-hybridized carbons (Fsp3) is 0.333. The lowest BCUT2D eigenvalue weighted by atomic mass is 10.2. The quantitative estimate of drug-likeness (QED) is 0.280. The Hall–Kier alpha value is -1.81. The molecular weight excluding hydrogens is 545 g/mol. The molecule has 3 rings (SSSR count). The molecule has 6 nitrogen and oxygen atoms in total. The lowest BCUT2D eigenvalue weighted by Crippen LogP contribution is -2.45. The van der Waals surface area contributed by atoms with Crippen LogP contribution in [0.15, 0.2) is 64.1 Å². The van der Waals surface area contributed by atoms with Gasteiger partial charge in [-0.3, -0.25) is 9.79 Å². The van der Waals surface area contributed by atoms with Crippen LogP contribution >= 0.6 is 39.9 Å². The Labute approximate surface area is 197 Å². The Bertz CT molecular complexity index is 800. The van der Waals surface area contributed by atoms with Gasteiger partial charge in [0.15, 0.2) is 5.96 Å². The number of nitrogens with zero attached hydrogens (tertiary/aromatic N) is 2.